The van der Waals surface area contributed by atoms with Crippen LogP contribution in [0.3, 0.4) is 0 Å². The van der Waals surface area contributed by atoms with Crippen molar-refractivity contribution in [2.45, 2.75) is 12.5 Å². The van der Waals surface area contributed by atoms with Gasteiger partial charge in [-0.25, -0.2) is 0 Å². The summed E-state index contributed by atoms with van der Waals surface area (Å²) in [6.07, 6.45) is 0.272. The van der Waals surface area contributed by atoms with E-state index in [0.29, 0.717) is 17.0 Å². The number of carbonyl (C=O) groups excluding carboxylic acids is 1. The number of carbonyl (C=O) groups is 1. The lowest BCUT2D eigenvalue weighted by molar-refractivity contribution is -0.117. The maximum atomic E-state index is 12.0. The molecule has 1 unspecified atom stereocenters. The first kappa shape index (κ1) is 14.9. The van der Waals surface area contributed by atoms with Crippen molar-refractivity contribution in [3.05, 3.63) is 54.1 Å². The molecule has 2 aromatic carbocycles. The molecule has 0 spiro atoms. The van der Waals surface area contributed by atoms with Gasteiger partial charge in [-0.1, -0.05) is 18.2 Å². The Labute approximate surface area is 123 Å². The van der Waals surface area contributed by atoms with Gasteiger partial charge in [0.1, 0.15) is 11.5 Å². The molecule has 2 rings (SSSR count). The molecule has 0 bridgehead atoms. The molecular formula is C16H18N2O3. The Morgan fingerprint density at radius 3 is 2.52 bits per heavy atom. The van der Waals surface area contributed by atoms with Crippen LogP contribution in [-0.4, -0.2) is 24.2 Å². The van der Waals surface area contributed by atoms with Gasteiger partial charge in [0.2, 0.25) is 5.91 Å². The highest BCUT2D eigenvalue weighted by atomic mass is 16.5. The number of hydrogen-bond acceptors (Lipinski definition) is 4. The lowest BCUT2D eigenvalue weighted by atomic mass is 10.0. The van der Waals surface area contributed by atoms with Crippen LogP contribution in [0.5, 0.6) is 11.5 Å². The van der Waals surface area contributed by atoms with Crippen LogP contribution in [0, 0.1) is 0 Å². The van der Waals surface area contributed by atoms with Crippen molar-refractivity contribution in [2.75, 3.05) is 12.4 Å². The fourth-order valence-electron chi connectivity index (χ4n) is 1.92. The lowest BCUT2D eigenvalue weighted by Gasteiger charge is -2.13. The van der Waals surface area contributed by atoms with Crippen molar-refractivity contribution in [2.24, 2.45) is 5.73 Å². The zero-order valence-electron chi connectivity index (χ0n) is 11.7. The smallest absolute Gasteiger partial charge is 0.241 e. The summed E-state index contributed by atoms with van der Waals surface area (Å²) in [5.74, 6) is 0.556. The molecule has 0 aliphatic heterocycles. The number of amides is 1. The normalized spacial score (nSPS) is 11.7. The van der Waals surface area contributed by atoms with Crippen molar-refractivity contribution in [3.63, 3.8) is 0 Å². The van der Waals surface area contributed by atoms with Crippen molar-refractivity contribution < 1.29 is 14.6 Å². The van der Waals surface area contributed by atoms with Gasteiger partial charge in [0, 0.05) is 12.1 Å². The minimum absolute atomic E-state index is 0.144. The average molecular weight is 286 g/mol. The van der Waals surface area contributed by atoms with Gasteiger partial charge in [-0.3, -0.25) is 4.79 Å². The summed E-state index contributed by atoms with van der Waals surface area (Å²) in [6, 6.07) is 13.1. The van der Waals surface area contributed by atoms with E-state index in [-0.39, 0.29) is 18.1 Å². The van der Waals surface area contributed by atoms with Gasteiger partial charge in [-0.05, 0) is 35.9 Å². The van der Waals surface area contributed by atoms with Crippen LogP contribution >= 0.6 is 0 Å². The second kappa shape index (κ2) is 6.76. The topological polar surface area (TPSA) is 84.6 Å². The number of benzene rings is 2. The number of para-hydroxylation sites is 1. The number of phenols is 1. The van der Waals surface area contributed by atoms with E-state index in [2.05, 4.69) is 5.32 Å². The molecule has 0 fully saturated rings. The summed E-state index contributed by atoms with van der Waals surface area (Å²) in [5.41, 5.74) is 7.17. The molecule has 110 valence electrons. The second-order valence-electron chi connectivity index (χ2n) is 4.66. The Morgan fingerprint density at radius 2 is 1.90 bits per heavy atom. The van der Waals surface area contributed by atoms with Crippen molar-refractivity contribution in [1.29, 1.82) is 0 Å². The zero-order chi connectivity index (χ0) is 15.2. The van der Waals surface area contributed by atoms with Gasteiger partial charge in [0.15, 0.2) is 0 Å². The van der Waals surface area contributed by atoms with Gasteiger partial charge in [0.05, 0.1) is 13.2 Å². The number of nitrogens with one attached hydrogen (secondary N) is 1. The Kier molecular flexibility index (Phi) is 4.79. The molecule has 0 aliphatic rings. The monoisotopic (exact) mass is 286 g/mol. The minimum Gasteiger partial charge on any atom is -0.508 e. The average Bonchev–Trinajstić information content (AvgIpc) is 2.50. The lowest BCUT2D eigenvalue weighted by Crippen LogP contribution is -2.37. The first-order chi connectivity index (χ1) is 10.1. The number of phenolic OH excluding ortho intramolecular Hbond substituents is 1. The summed E-state index contributed by atoms with van der Waals surface area (Å²) >= 11 is 0. The summed E-state index contributed by atoms with van der Waals surface area (Å²) in [6.45, 7) is 0. The Balaban J connectivity index is 1.97. The fourth-order valence-corrected chi connectivity index (χ4v) is 1.92. The maximum absolute atomic E-state index is 12.0. The van der Waals surface area contributed by atoms with E-state index in [0.717, 1.165) is 0 Å². The van der Waals surface area contributed by atoms with E-state index >= 15 is 0 Å². The summed E-state index contributed by atoms with van der Waals surface area (Å²) in [5, 5.41) is 12.4. The Bertz CT molecular complexity index is 611. The number of rotatable bonds is 5. The molecule has 4 N–H and O–H groups in total. The van der Waals surface area contributed by atoms with E-state index in [1.54, 1.807) is 55.6 Å². The zero-order valence-corrected chi connectivity index (χ0v) is 11.7. The molecule has 21 heavy (non-hydrogen) atoms. The molecular weight excluding hydrogens is 268 g/mol. The number of aromatic hydroxyl groups is 1. The molecule has 0 radical (unpaired) electrons. The molecule has 1 amide bonds. The highest BCUT2D eigenvalue weighted by Gasteiger charge is 2.15. The SMILES string of the molecule is COc1ccc(NC(=O)C(N)Cc2ccccc2O)cc1. The van der Waals surface area contributed by atoms with E-state index in [1.807, 2.05) is 0 Å². The largest absolute Gasteiger partial charge is 0.508 e. The number of hydrogen-bond donors (Lipinski definition) is 3. The van der Waals surface area contributed by atoms with E-state index in [4.69, 9.17) is 10.5 Å². The van der Waals surface area contributed by atoms with Crippen LogP contribution in [0.4, 0.5) is 5.69 Å². The van der Waals surface area contributed by atoms with Gasteiger partial charge in [-0.2, -0.15) is 0 Å². The molecule has 5 nitrogen and oxygen atoms in total. The molecule has 0 heterocycles. The quantitative estimate of drug-likeness (QED) is 0.784. The third-order valence-corrected chi connectivity index (χ3v) is 3.13. The summed E-state index contributed by atoms with van der Waals surface area (Å²) < 4.78 is 5.05. The molecule has 1 atom stereocenters. The predicted molar refractivity (Wildman–Crippen MR) is 81.4 cm³/mol. The van der Waals surface area contributed by atoms with Crippen molar-refractivity contribution in [1.82, 2.24) is 0 Å². The number of methoxy groups -OCH3 is 1. The van der Waals surface area contributed by atoms with Crippen LogP contribution in [0.1, 0.15) is 5.56 Å². The molecule has 5 heteroatoms. The van der Waals surface area contributed by atoms with Crippen molar-refractivity contribution >= 4 is 11.6 Å². The third kappa shape index (κ3) is 3.97. The summed E-state index contributed by atoms with van der Waals surface area (Å²) in [4.78, 5) is 12.0. The predicted octanol–water partition coefficient (Wildman–Crippen LogP) is 1.91. The van der Waals surface area contributed by atoms with Crippen LogP contribution in [0.15, 0.2) is 48.5 Å². The first-order valence-corrected chi connectivity index (χ1v) is 6.57. The fraction of sp³-hybridized carbons (Fsp3) is 0.188. The first-order valence-electron chi connectivity index (χ1n) is 6.57. The molecule has 0 saturated carbocycles. The minimum atomic E-state index is -0.736. The molecule has 2 aromatic rings. The van der Waals surface area contributed by atoms with Crippen LogP contribution in [0.25, 0.3) is 0 Å². The Hall–Kier alpha value is -2.53. The number of nitrogens with two attached hydrogens (primary N) is 1. The highest BCUT2D eigenvalue weighted by Crippen LogP contribution is 2.18. The summed E-state index contributed by atoms with van der Waals surface area (Å²) in [7, 11) is 1.58. The van der Waals surface area contributed by atoms with E-state index < -0.39 is 6.04 Å². The van der Waals surface area contributed by atoms with Gasteiger partial charge < -0.3 is 20.9 Å². The van der Waals surface area contributed by atoms with E-state index in [1.165, 1.54) is 0 Å². The molecule has 0 saturated heterocycles. The van der Waals surface area contributed by atoms with Gasteiger partial charge >= 0.3 is 0 Å². The van der Waals surface area contributed by atoms with Crippen LogP contribution < -0.4 is 15.8 Å². The second-order valence-corrected chi connectivity index (χ2v) is 4.66. The number of anilines is 1. The molecule has 0 aromatic heterocycles. The number of ether oxygens (including phenoxy) is 1. The maximum Gasteiger partial charge on any atom is 0.241 e. The Morgan fingerprint density at radius 1 is 1.24 bits per heavy atom. The third-order valence-electron chi connectivity index (χ3n) is 3.13. The standard InChI is InChI=1S/C16H18N2O3/c1-21-13-8-6-12(7-9-13)18-16(20)14(17)10-11-4-2-3-5-15(11)19/h2-9,14,19H,10,17H2,1H3,(H,18,20). The van der Waals surface area contributed by atoms with Crippen LogP contribution in [-0.2, 0) is 11.2 Å². The van der Waals surface area contributed by atoms with Crippen LogP contribution in [0.2, 0.25) is 0 Å². The van der Waals surface area contributed by atoms with E-state index in [9.17, 15) is 9.90 Å². The van der Waals surface area contributed by atoms with Crippen molar-refractivity contribution in [3.8, 4) is 11.5 Å². The highest BCUT2D eigenvalue weighted by molar-refractivity contribution is 5.94. The van der Waals surface area contributed by atoms with Gasteiger partial charge in [0.25, 0.3) is 0 Å². The van der Waals surface area contributed by atoms with Gasteiger partial charge in [-0.15, -0.1) is 0 Å². The molecule has 0 aliphatic carbocycles.